The van der Waals surface area contributed by atoms with Crippen LogP contribution in [0.4, 0.5) is 0 Å². The normalized spacial score (nSPS) is 33.7. The van der Waals surface area contributed by atoms with Crippen molar-refractivity contribution in [2.75, 3.05) is 0 Å². The van der Waals surface area contributed by atoms with Crippen LogP contribution in [0, 0.1) is 23.2 Å². The predicted molar refractivity (Wildman–Crippen MR) is 87.1 cm³/mol. The minimum Gasteiger partial charge on any atom is -0.481 e. The topological polar surface area (TPSA) is 37.3 Å². The molecule has 0 saturated heterocycles. The first kappa shape index (κ1) is 16.3. The van der Waals surface area contributed by atoms with E-state index in [0.29, 0.717) is 23.7 Å². The number of carboxylic acids is 1. The molecular weight excluding hydrogens is 260 g/mol. The highest BCUT2D eigenvalue weighted by Crippen LogP contribution is 2.53. The number of hydrogen-bond acceptors (Lipinski definition) is 1. The van der Waals surface area contributed by atoms with Crippen molar-refractivity contribution in [1.82, 2.24) is 0 Å². The van der Waals surface area contributed by atoms with Crippen molar-refractivity contribution in [3.8, 4) is 0 Å². The van der Waals surface area contributed by atoms with Crippen LogP contribution in [0.2, 0.25) is 0 Å². The maximum atomic E-state index is 10.9. The van der Waals surface area contributed by atoms with E-state index in [9.17, 15) is 4.79 Å². The summed E-state index contributed by atoms with van der Waals surface area (Å²) in [6, 6.07) is 0. The fourth-order valence-electron chi connectivity index (χ4n) is 4.30. The van der Waals surface area contributed by atoms with Gasteiger partial charge in [-0.2, -0.15) is 0 Å². The molecule has 0 aromatic heterocycles. The maximum Gasteiger partial charge on any atom is 0.303 e. The van der Waals surface area contributed by atoms with Crippen LogP contribution in [0.25, 0.3) is 0 Å². The van der Waals surface area contributed by atoms with Gasteiger partial charge in [0.05, 0.1) is 0 Å². The van der Waals surface area contributed by atoms with Crippen LogP contribution in [-0.4, -0.2) is 11.1 Å². The van der Waals surface area contributed by atoms with E-state index in [4.69, 9.17) is 5.11 Å². The molecule has 4 atom stereocenters. The number of carboxylic acid groups (broad SMARTS) is 1. The Bertz CT molecular complexity index is 460. The summed E-state index contributed by atoms with van der Waals surface area (Å²) >= 11 is 0. The fraction of sp³-hybridized carbons (Fsp3) is 0.737. The van der Waals surface area contributed by atoms with Crippen LogP contribution in [0.3, 0.4) is 0 Å². The monoisotopic (exact) mass is 290 g/mol. The van der Waals surface area contributed by atoms with E-state index in [2.05, 4.69) is 39.8 Å². The third kappa shape index (κ3) is 3.41. The molecule has 118 valence electrons. The molecule has 0 radical (unpaired) electrons. The zero-order valence-corrected chi connectivity index (χ0v) is 14.0. The summed E-state index contributed by atoms with van der Waals surface area (Å²) in [5.74, 6) is 0.972. The molecule has 2 nitrogen and oxygen atoms in total. The van der Waals surface area contributed by atoms with Crippen LogP contribution in [-0.2, 0) is 4.79 Å². The van der Waals surface area contributed by atoms with Gasteiger partial charge in [-0.15, -0.1) is 0 Å². The predicted octanol–water partition coefficient (Wildman–Crippen LogP) is 5.21. The van der Waals surface area contributed by atoms with Gasteiger partial charge in [-0.25, -0.2) is 0 Å². The van der Waals surface area contributed by atoms with Crippen LogP contribution in [0.1, 0.15) is 66.2 Å². The van der Waals surface area contributed by atoms with Crippen molar-refractivity contribution in [3.05, 3.63) is 23.3 Å². The summed E-state index contributed by atoms with van der Waals surface area (Å²) in [5, 5.41) is 8.94. The molecule has 0 heterocycles. The SMILES string of the molecule is CC1=CCCC2C1=CCC(C)C2(C)CCC(C)CC(=O)O. The molecule has 0 bridgehead atoms. The molecule has 2 rings (SSSR count). The third-order valence-corrected chi connectivity index (χ3v) is 6.05. The van der Waals surface area contributed by atoms with Crippen molar-refractivity contribution in [2.45, 2.75) is 66.2 Å². The molecular formula is C19H30O2. The van der Waals surface area contributed by atoms with Crippen molar-refractivity contribution >= 4 is 5.97 Å². The van der Waals surface area contributed by atoms with Gasteiger partial charge in [-0.05, 0) is 67.8 Å². The van der Waals surface area contributed by atoms with Gasteiger partial charge < -0.3 is 5.11 Å². The molecule has 4 unspecified atom stereocenters. The summed E-state index contributed by atoms with van der Waals surface area (Å²) in [4.78, 5) is 10.9. The van der Waals surface area contributed by atoms with Gasteiger partial charge in [-0.3, -0.25) is 4.79 Å². The molecule has 0 amide bonds. The quantitative estimate of drug-likeness (QED) is 0.755. The zero-order chi connectivity index (χ0) is 15.6. The molecule has 2 heteroatoms. The van der Waals surface area contributed by atoms with E-state index in [-0.39, 0.29) is 5.92 Å². The average molecular weight is 290 g/mol. The lowest BCUT2D eigenvalue weighted by molar-refractivity contribution is -0.138. The van der Waals surface area contributed by atoms with E-state index in [0.717, 1.165) is 12.8 Å². The van der Waals surface area contributed by atoms with E-state index in [1.54, 1.807) is 5.57 Å². The summed E-state index contributed by atoms with van der Waals surface area (Å²) < 4.78 is 0. The van der Waals surface area contributed by atoms with Gasteiger partial charge in [0, 0.05) is 6.42 Å². The molecule has 0 aromatic carbocycles. The summed E-state index contributed by atoms with van der Waals surface area (Å²) in [6.45, 7) is 9.15. The lowest BCUT2D eigenvalue weighted by Gasteiger charge is -2.49. The lowest BCUT2D eigenvalue weighted by Crippen LogP contribution is -2.39. The van der Waals surface area contributed by atoms with Crippen molar-refractivity contribution in [3.63, 3.8) is 0 Å². The fourth-order valence-corrected chi connectivity index (χ4v) is 4.30. The molecule has 0 aliphatic heterocycles. The highest BCUT2D eigenvalue weighted by Gasteiger charge is 2.43. The number of rotatable bonds is 5. The van der Waals surface area contributed by atoms with Crippen molar-refractivity contribution in [1.29, 1.82) is 0 Å². The first-order chi connectivity index (χ1) is 9.84. The van der Waals surface area contributed by atoms with Gasteiger partial charge in [0.25, 0.3) is 0 Å². The van der Waals surface area contributed by atoms with Gasteiger partial charge in [-0.1, -0.05) is 38.5 Å². The van der Waals surface area contributed by atoms with Gasteiger partial charge in [0.1, 0.15) is 0 Å². The highest BCUT2D eigenvalue weighted by molar-refractivity contribution is 5.66. The Balaban J connectivity index is 2.10. The Labute approximate surface area is 129 Å². The zero-order valence-electron chi connectivity index (χ0n) is 14.0. The summed E-state index contributed by atoms with van der Waals surface area (Å²) in [7, 11) is 0. The smallest absolute Gasteiger partial charge is 0.303 e. The first-order valence-corrected chi connectivity index (χ1v) is 8.43. The molecule has 0 saturated carbocycles. The van der Waals surface area contributed by atoms with Crippen molar-refractivity contribution in [2.24, 2.45) is 23.2 Å². The van der Waals surface area contributed by atoms with Gasteiger partial charge in [0.15, 0.2) is 0 Å². The molecule has 2 aliphatic rings. The Morgan fingerprint density at radius 2 is 2.19 bits per heavy atom. The number of aliphatic carboxylic acids is 1. The molecule has 2 aliphatic carbocycles. The molecule has 0 spiro atoms. The van der Waals surface area contributed by atoms with Crippen LogP contribution in [0.15, 0.2) is 23.3 Å². The summed E-state index contributed by atoms with van der Waals surface area (Å²) in [5.41, 5.74) is 3.38. The minimum atomic E-state index is -0.665. The largest absolute Gasteiger partial charge is 0.481 e. The summed E-state index contributed by atoms with van der Waals surface area (Å²) in [6.07, 6.45) is 10.9. The van der Waals surface area contributed by atoms with Gasteiger partial charge >= 0.3 is 5.97 Å². The van der Waals surface area contributed by atoms with E-state index in [1.165, 1.54) is 24.8 Å². The third-order valence-electron chi connectivity index (χ3n) is 6.05. The molecule has 0 aromatic rings. The Kier molecular flexibility index (Phi) is 4.95. The minimum absolute atomic E-state index is 0.279. The maximum absolute atomic E-state index is 10.9. The van der Waals surface area contributed by atoms with E-state index >= 15 is 0 Å². The Hall–Kier alpha value is -1.05. The van der Waals surface area contributed by atoms with Gasteiger partial charge in [0.2, 0.25) is 0 Å². The highest BCUT2D eigenvalue weighted by atomic mass is 16.4. The van der Waals surface area contributed by atoms with Crippen LogP contribution >= 0.6 is 0 Å². The standard InChI is InChI=1S/C19H30O2/c1-13(12-18(20)21)10-11-19(4)15(3)8-9-16-14(2)6-5-7-17(16)19/h6,9,13,15,17H,5,7-8,10-12H2,1-4H3,(H,20,21). The number of hydrogen-bond donors (Lipinski definition) is 1. The molecule has 1 N–H and O–H groups in total. The number of fused-ring (bicyclic) bond motifs is 1. The van der Waals surface area contributed by atoms with Crippen LogP contribution < -0.4 is 0 Å². The Morgan fingerprint density at radius 1 is 1.48 bits per heavy atom. The second-order valence-corrected chi connectivity index (χ2v) is 7.56. The second kappa shape index (κ2) is 6.37. The lowest BCUT2D eigenvalue weighted by atomic mass is 9.56. The average Bonchev–Trinajstić information content (AvgIpc) is 2.41. The first-order valence-electron chi connectivity index (χ1n) is 8.43. The van der Waals surface area contributed by atoms with Crippen molar-refractivity contribution < 1.29 is 9.90 Å². The van der Waals surface area contributed by atoms with E-state index < -0.39 is 5.97 Å². The second-order valence-electron chi connectivity index (χ2n) is 7.56. The Morgan fingerprint density at radius 3 is 2.86 bits per heavy atom. The number of allylic oxidation sites excluding steroid dienone is 4. The molecule has 21 heavy (non-hydrogen) atoms. The number of carbonyl (C=O) groups is 1. The van der Waals surface area contributed by atoms with E-state index in [1.807, 2.05) is 0 Å². The van der Waals surface area contributed by atoms with Crippen LogP contribution in [0.5, 0.6) is 0 Å². The molecule has 0 fully saturated rings.